The van der Waals surface area contributed by atoms with Gasteiger partial charge in [0.2, 0.25) is 9.47 Å². The first-order valence-corrected chi connectivity index (χ1v) is 6.90. The van der Waals surface area contributed by atoms with Crippen molar-refractivity contribution in [2.75, 3.05) is 5.32 Å². The first-order valence-electron chi connectivity index (χ1n) is 4.63. The Bertz CT molecular complexity index is 572. The molecule has 1 N–H and O–H groups in total. The molecule has 0 saturated heterocycles. The molecule has 0 radical (unpaired) electrons. The molecule has 1 heterocycles. The second kappa shape index (κ2) is 5.28. The Morgan fingerprint density at radius 3 is 2.82 bits per heavy atom. The van der Waals surface area contributed by atoms with Crippen LogP contribution < -0.4 is 5.32 Å². The molecule has 88 valence electrons. The van der Waals surface area contributed by atoms with Gasteiger partial charge in [0.15, 0.2) is 0 Å². The van der Waals surface area contributed by atoms with Crippen molar-refractivity contribution in [3.63, 3.8) is 0 Å². The molecule has 0 aliphatic carbocycles. The van der Waals surface area contributed by atoms with Gasteiger partial charge < -0.3 is 5.32 Å². The average Bonchev–Trinajstić information content (AvgIpc) is 2.70. The molecule has 1 amide bonds. The molecule has 2 aromatic rings. The fraction of sp³-hybridized carbons (Fsp3) is 0.100. The van der Waals surface area contributed by atoms with Crippen molar-refractivity contribution in [3.05, 3.63) is 36.8 Å². The van der Waals surface area contributed by atoms with Gasteiger partial charge in [-0.1, -0.05) is 17.4 Å². The van der Waals surface area contributed by atoms with Crippen molar-refractivity contribution in [2.45, 2.75) is 6.92 Å². The minimum atomic E-state index is -0.297. The summed E-state index contributed by atoms with van der Waals surface area (Å²) in [6, 6.07) is 5.69. The molecule has 0 aliphatic heterocycles. The summed E-state index contributed by atoms with van der Waals surface area (Å²) >= 11 is 8.89. The van der Waals surface area contributed by atoms with Gasteiger partial charge in [-0.2, -0.15) is 0 Å². The predicted octanol–water partition coefficient (Wildman–Crippen LogP) is 3.36. The van der Waals surface area contributed by atoms with Crippen LogP contribution in [0, 0.1) is 10.5 Å². The van der Waals surface area contributed by atoms with Crippen molar-refractivity contribution in [1.29, 1.82) is 0 Å². The van der Waals surface area contributed by atoms with E-state index >= 15 is 0 Å². The topological polar surface area (TPSA) is 54.9 Å². The summed E-state index contributed by atoms with van der Waals surface area (Å²) < 4.78 is 1.35. The molecular formula is C10H7ClIN3OS. The number of rotatable bonds is 2. The number of benzene rings is 1. The quantitative estimate of drug-likeness (QED) is 0.814. The van der Waals surface area contributed by atoms with Crippen molar-refractivity contribution < 1.29 is 4.79 Å². The van der Waals surface area contributed by atoms with Crippen LogP contribution in [-0.2, 0) is 0 Å². The predicted molar refractivity (Wildman–Crippen MR) is 76.8 cm³/mol. The molecule has 1 aromatic heterocycles. The molecule has 1 aromatic carbocycles. The van der Waals surface area contributed by atoms with E-state index in [1.165, 1.54) is 5.56 Å². The highest BCUT2D eigenvalue weighted by Crippen LogP contribution is 2.19. The Kier molecular flexibility index (Phi) is 3.95. The number of carbonyl (C=O) groups is 1. The Morgan fingerprint density at radius 2 is 2.24 bits per heavy atom. The van der Waals surface area contributed by atoms with E-state index in [-0.39, 0.29) is 15.4 Å². The number of aryl methyl sites for hydroxylation is 1. The van der Waals surface area contributed by atoms with Gasteiger partial charge in [0.05, 0.1) is 0 Å². The molecule has 0 aliphatic rings. The Labute approximate surface area is 121 Å². The third-order valence-electron chi connectivity index (χ3n) is 2.02. The summed E-state index contributed by atoms with van der Waals surface area (Å²) in [4.78, 5) is 11.8. The fourth-order valence-corrected chi connectivity index (χ4v) is 2.39. The van der Waals surface area contributed by atoms with Gasteiger partial charge >= 0.3 is 0 Å². The summed E-state index contributed by atoms with van der Waals surface area (Å²) in [6.07, 6.45) is 0. The maximum atomic E-state index is 11.8. The van der Waals surface area contributed by atoms with Gasteiger partial charge in [-0.15, -0.1) is 10.2 Å². The standard InChI is InChI=1S/C10H7ClIN3OS/c1-5-2-3-6(4-7(5)12)13-8(16)9-14-15-10(11)17-9/h2-4H,1H3,(H,13,16). The summed E-state index contributed by atoms with van der Waals surface area (Å²) in [6.45, 7) is 2.01. The number of amides is 1. The van der Waals surface area contributed by atoms with Crippen LogP contribution in [0.1, 0.15) is 15.4 Å². The van der Waals surface area contributed by atoms with Crippen LogP contribution in [0.5, 0.6) is 0 Å². The maximum Gasteiger partial charge on any atom is 0.286 e. The van der Waals surface area contributed by atoms with E-state index in [0.717, 1.165) is 20.6 Å². The molecule has 2 rings (SSSR count). The van der Waals surface area contributed by atoms with Crippen LogP contribution in [0.4, 0.5) is 5.69 Å². The van der Waals surface area contributed by atoms with E-state index in [1.807, 2.05) is 25.1 Å². The van der Waals surface area contributed by atoms with Gasteiger partial charge in [0.25, 0.3) is 5.91 Å². The Balaban J connectivity index is 2.15. The SMILES string of the molecule is Cc1ccc(NC(=O)c2nnc(Cl)s2)cc1I. The molecular weight excluding hydrogens is 373 g/mol. The number of anilines is 1. The molecule has 0 saturated carbocycles. The Hall–Kier alpha value is -0.730. The summed E-state index contributed by atoms with van der Waals surface area (Å²) in [5, 5.41) is 10.3. The zero-order valence-electron chi connectivity index (χ0n) is 8.70. The molecule has 4 nitrogen and oxygen atoms in total. The van der Waals surface area contributed by atoms with Gasteiger partial charge in [-0.05, 0) is 58.8 Å². The third kappa shape index (κ3) is 3.14. The largest absolute Gasteiger partial charge is 0.320 e. The summed E-state index contributed by atoms with van der Waals surface area (Å²) in [5.74, 6) is -0.297. The number of halogens is 2. The van der Waals surface area contributed by atoms with E-state index in [1.54, 1.807) is 0 Å². The molecule has 0 fully saturated rings. The van der Waals surface area contributed by atoms with Crippen LogP contribution in [-0.4, -0.2) is 16.1 Å². The molecule has 0 spiro atoms. The lowest BCUT2D eigenvalue weighted by atomic mass is 10.2. The fourth-order valence-electron chi connectivity index (χ4n) is 1.15. The second-order valence-electron chi connectivity index (χ2n) is 3.28. The number of hydrogen-bond acceptors (Lipinski definition) is 4. The van der Waals surface area contributed by atoms with Gasteiger partial charge in [-0.25, -0.2) is 0 Å². The van der Waals surface area contributed by atoms with Gasteiger partial charge in [0, 0.05) is 9.26 Å². The van der Waals surface area contributed by atoms with Gasteiger partial charge in [0.1, 0.15) is 0 Å². The lowest BCUT2D eigenvalue weighted by Crippen LogP contribution is -2.11. The summed E-state index contributed by atoms with van der Waals surface area (Å²) in [5.41, 5.74) is 1.90. The lowest BCUT2D eigenvalue weighted by molar-refractivity contribution is 0.102. The molecule has 7 heteroatoms. The summed E-state index contributed by atoms with van der Waals surface area (Å²) in [7, 11) is 0. The average molecular weight is 380 g/mol. The normalized spacial score (nSPS) is 10.3. The van der Waals surface area contributed by atoms with Crippen molar-refractivity contribution in [2.24, 2.45) is 0 Å². The highest BCUT2D eigenvalue weighted by atomic mass is 127. The van der Waals surface area contributed by atoms with Gasteiger partial charge in [-0.3, -0.25) is 4.79 Å². The molecule has 0 bridgehead atoms. The van der Waals surface area contributed by atoms with Crippen LogP contribution in [0.15, 0.2) is 18.2 Å². The van der Waals surface area contributed by atoms with Crippen LogP contribution >= 0.6 is 45.5 Å². The monoisotopic (exact) mass is 379 g/mol. The van der Waals surface area contributed by atoms with E-state index in [0.29, 0.717) is 0 Å². The second-order valence-corrected chi connectivity index (χ2v) is 6.00. The van der Waals surface area contributed by atoms with Crippen LogP contribution in [0.3, 0.4) is 0 Å². The van der Waals surface area contributed by atoms with E-state index < -0.39 is 0 Å². The Morgan fingerprint density at radius 1 is 1.47 bits per heavy atom. The van der Waals surface area contributed by atoms with Crippen molar-refractivity contribution in [1.82, 2.24) is 10.2 Å². The van der Waals surface area contributed by atoms with E-state index in [2.05, 4.69) is 38.1 Å². The lowest BCUT2D eigenvalue weighted by Gasteiger charge is -2.04. The molecule has 17 heavy (non-hydrogen) atoms. The first kappa shape index (κ1) is 12.7. The highest BCUT2D eigenvalue weighted by Gasteiger charge is 2.12. The smallest absolute Gasteiger partial charge is 0.286 e. The highest BCUT2D eigenvalue weighted by molar-refractivity contribution is 14.1. The van der Waals surface area contributed by atoms with E-state index in [4.69, 9.17) is 11.6 Å². The number of hydrogen-bond donors (Lipinski definition) is 1. The van der Waals surface area contributed by atoms with Crippen molar-refractivity contribution in [3.8, 4) is 0 Å². The maximum absolute atomic E-state index is 11.8. The number of nitrogens with zero attached hydrogens (tertiary/aromatic N) is 2. The van der Waals surface area contributed by atoms with Crippen LogP contribution in [0.25, 0.3) is 0 Å². The van der Waals surface area contributed by atoms with Crippen LogP contribution in [0.2, 0.25) is 4.47 Å². The number of carbonyl (C=O) groups excluding carboxylic acids is 1. The minimum absolute atomic E-state index is 0.255. The number of nitrogens with one attached hydrogen (secondary N) is 1. The number of aromatic nitrogens is 2. The van der Waals surface area contributed by atoms with E-state index in [9.17, 15) is 4.79 Å². The molecule has 0 atom stereocenters. The third-order valence-corrected chi connectivity index (χ3v) is 4.20. The molecule has 0 unspecified atom stereocenters. The first-order chi connectivity index (χ1) is 8.06. The zero-order valence-corrected chi connectivity index (χ0v) is 12.4. The van der Waals surface area contributed by atoms with Crippen molar-refractivity contribution >= 4 is 57.1 Å². The minimum Gasteiger partial charge on any atom is -0.320 e. The zero-order chi connectivity index (χ0) is 12.4.